The van der Waals surface area contributed by atoms with Crippen molar-refractivity contribution in [3.05, 3.63) is 70.2 Å². The van der Waals surface area contributed by atoms with Crippen molar-refractivity contribution in [2.24, 2.45) is 0 Å². The zero-order chi connectivity index (χ0) is 19.7. The van der Waals surface area contributed by atoms with Gasteiger partial charge in [-0.2, -0.15) is 0 Å². The highest BCUT2D eigenvalue weighted by Gasteiger charge is 2.31. The SMILES string of the molecule is C[C@H]1Cc2ccccc2N1C(=O)COC(=O)c1csc(-c2cccc(Cl)c2)n1. The van der Waals surface area contributed by atoms with Gasteiger partial charge in [-0.1, -0.05) is 41.9 Å². The van der Waals surface area contributed by atoms with Gasteiger partial charge in [-0.05, 0) is 37.1 Å². The molecule has 0 spiro atoms. The summed E-state index contributed by atoms with van der Waals surface area (Å²) in [7, 11) is 0. The van der Waals surface area contributed by atoms with Crippen LogP contribution in [-0.4, -0.2) is 29.5 Å². The molecule has 4 rings (SSSR count). The van der Waals surface area contributed by atoms with Crippen molar-refractivity contribution < 1.29 is 14.3 Å². The van der Waals surface area contributed by atoms with Gasteiger partial charge in [0.2, 0.25) is 0 Å². The maximum atomic E-state index is 12.6. The van der Waals surface area contributed by atoms with Crippen LogP contribution in [0.25, 0.3) is 10.6 Å². The van der Waals surface area contributed by atoms with E-state index in [1.54, 1.807) is 22.4 Å². The smallest absolute Gasteiger partial charge is 0.358 e. The molecule has 2 heterocycles. The van der Waals surface area contributed by atoms with Gasteiger partial charge in [0, 0.05) is 27.7 Å². The quantitative estimate of drug-likeness (QED) is 0.587. The lowest BCUT2D eigenvalue weighted by Crippen LogP contribution is -2.38. The maximum Gasteiger partial charge on any atom is 0.358 e. The minimum atomic E-state index is -0.613. The number of nitrogens with zero attached hydrogens (tertiary/aromatic N) is 2. The summed E-state index contributed by atoms with van der Waals surface area (Å²) in [6.45, 7) is 1.67. The van der Waals surface area contributed by atoms with Crippen LogP contribution in [0.4, 0.5) is 5.69 Å². The fourth-order valence-corrected chi connectivity index (χ4v) is 4.31. The van der Waals surface area contributed by atoms with Crippen molar-refractivity contribution >= 4 is 40.5 Å². The lowest BCUT2D eigenvalue weighted by molar-refractivity contribution is -0.122. The number of fused-ring (bicyclic) bond motifs is 1. The Morgan fingerprint density at radius 2 is 2.07 bits per heavy atom. The van der Waals surface area contributed by atoms with E-state index < -0.39 is 5.97 Å². The monoisotopic (exact) mass is 412 g/mol. The minimum Gasteiger partial charge on any atom is -0.451 e. The number of anilines is 1. The molecule has 142 valence electrons. The van der Waals surface area contributed by atoms with Crippen LogP contribution >= 0.6 is 22.9 Å². The topological polar surface area (TPSA) is 59.5 Å². The first-order chi connectivity index (χ1) is 13.5. The fraction of sp³-hybridized carbons (Fsp3) is 0.190. The van der Waals surface area contributed by atoms with E-state index in [2.05, 4.69) is 4.98 Å². The first-order valence-electron chi connectivity index (χ1n) is 8.81. The normalized spacial score (nSPS) is 15.4. The largest absolute Gasteiger partial charge is 0.451 e. The molecular formula is C21H17ClN2O3S. The van der Waals surface area contributed by atoms with Gasteiger partial charge in [0.25, 0.3) is 5.91 Å². The highest BCUT2D eigenvalue weighted by atomic mass is 35.5. The number of thiazole rings is 1. The third-order valence-electron chi connectivity index (χ3n) is 4.59. The van der Waals surface area contributed by atoms with Crippen molar-refractivity contribution in [2.75, 3.05) is 11.5 Å². The standard InChI is InChI=1S/C21H17ClN2O3S/c1-13-9-14-5-2-3-8-18(14)24(13)19(25)11-27-21(26)17-12-28-20(23-17)15-6-4-7-16(22)10-15/h2-8,10,12-13H,9,11H2,1H3/t13-/m0/s1. The minimum absolute atomic E-state index is 0.0392. The Kier molecular flexibility index (Phi) is 5.15. The third-order valence-corrected chi connectivity index (χ3v) is 5.71. The van der Waals surface area contributed by atoms with Crippen LogP contribution in [0.5, 0.6) is 0 Å². The number of hydrogen-bond acceptors (Lipinski definition) is 5. The number of hydrogen-bond donors (Lipinski definition) is 0. The van der Waals surface area contributed by atoms with Gasteiger partial charge in [-0.15, -0.1) is 11.3 Å². The molecule has 0 unspecified atom stereocenters. The number of amides is 1. The molecule has 2 aromatic carbocycles. The van der Waals surface area contributed by atoms with Gasteiger partial charge in [0.15, 0.2) is 12.3 Å². The van der Waals surface area contributed by atoms with E-state index in [9.17, 15) is 9.59 Å². The molecule has 5 nitrogen and oxygen atoms in total. The van der Waals surface area contributed by atoms with Gasteiger partial charge in [0.05, 0.1) is 0 Å². The van der Waals surface area contributed by atoms with Crippen molar-refractivity contribution in [3.8, 4) is 10.6 Å². The Morgan fingerprint density at radius 1 is 1.25 bits per heavy atom. The molecule has 0 fully saturated rings. The maximum absolute atomic E-state index is 12.6. The molecular weight excluding hydrogens is 396 g/mol. The Bertz CT molecular complexity index is 1050. The van der Waals surface area contributed by atoms with E-state index >= 15 is 0 Å². The second kappa shape index (κ2) is 7.73. The molecule has 1 atom stereocenters. The van der Waals surface area contributed by atoms with Crippen molar-refractivity contribution in [3.63, 3.8) is 0 Å². The van der Waals surface area contributed by atoms with Gasteiger partial charge in [-0.3, -0.25) is 4.79 Å². The third kappa shape index (κ3) is 3.66. The number of esters is 1. The van der Waals surface area contributed by atoms with Crippen molar-refractivity contribution in [1.29, 1.82) is 0 Å². The lowest BCUT2D eigenvalue weighted by Gasteiger charge is -2.22. The number of aromatic nitrogens is 1. The summed E-state index contributed by atoms with van der Waals surface area (Å²) in [5.41, 5.74) is 3.02. The molecule has 1 amide bonds. The van der Waals surface area contributed by atoms with Crippen molar-refractivity contribution in [2.45, 2.75) is 19.4 Å². The lowest BCUT2D eigenvalue weighted by atomic mass is 10.1. The summed E-state index contributed by atoms with van der Waals surface area (Å²) in [6, 6.07) is 15.1. The van der Waals surface area contributed by atoms with Crippen LogP contribution in [0.1, 0.15) is 23.0 Å². The highest BCUT2D eigenvalue weighted by Crippen LogP contribution is 2.32. The highest BCUT2D eigenvalue weighted by molar-refractivity contribution is 7.13. The molecule has 0 N–H and O–H groups in total. The van der Waals surface area contributed by atoms with E-state index in [1.807, 2.05) is 43.3 Å². The number of ether oxygens (including phenoxy) is 1. The summed E-state index contributed by atoms with van der Waals surface area (Å²) in [5, 5.41) is 2.89. The first-order valence-corrected chi connectivity index (χ1v) is 10.1. The zero-order valence-corrected chi connectivity index (χ0v) is 16.7. The average molecular weight is 413 g/mol. The zero-order valence-electron chi connectivity index (χ0n) is 15.1. The summed E-state index contributed by atoms with van der Waals surface area (Å²) in [4.78, 5) is 31.0. The predicted molar refractivity (Wildman–Crippen MR) is 110 cm³/mol. The second-order valence-electron chi connectivity index (χ2n) is 6.57. The second-order valence-corrected chi connectivity index (χ2v) is 7.86. The summed E-state index contributed by atoms with van der Waals surface area (Å²) in [6.07, 6.45) is 0.797. The molecule has 7 heteroatoms. The number of rotatable bonds is 4. The average Bonchev–Trinajstić information content (AvgIpc) is 3.30. The van der Waals surface area contributed by atoms with Crippen molar-refractivity contribution in [1.82, 2.24) is 4.98 Å². The summed E-state index contributed by atoms with van der Waals surface area (Å²) < 4.78 is 5.23. The Labute approximate surface area is 171 Å². The molecule has 1 aliphatic rings. The molecule has 1 aliphatic heterocycles. The number of carbonyl (C=O) groups is 2. The Hall–Kier alpha value is -2.70. The van der Waals surface area contributed by atoms with E-state index in [-0.39, 0.29) is 24.2 Å². The van der Waals surface area contributed by atoms with Crippen LogP contribution in [-0.2, 0) is 16.0 Å². The summed E-state index contributed by atoms with van der Waals surface area (Å²) >= 11 is 7.33. The Morgan fingerprint density at radius 3 is 2.89 bits per heavy atom. The fourth-order valence-electron chi connectivity index (χ4n) is 3.34. The molecule has 28 heavy (non-hydrogen) atoms. The number of benzene rings is 2. The van der Waals surface area contributed by atoms with Gasteiger partial charge in [0.1, 0.15) is 5.01 Å². The van der Waals surface area contributed by atoms with E-state index in [0.717, 1.165) is 23.2 Å². The van der Waals surface area contributed by atoms with Gasteiger partial charge in [-0.25, -0.2) is 9.78 Å². The number of para-hydroxylation sites is 1. The molecule has 1 aromatic heterocycles. The van der Waals surface area contributed by atoms with E-state index in [4.69, 9.17) is 16.3 Å². The van der Waals surface area contributed by atoms with Crippen LogP contribution < -0.4 is 4.90 Å². The molecule has 0 bridgehead atoms. The Balaban J connectivity index is 1.42. The molecule has 0 aliphatic carbocycles. The number of halogens is 1. The van der Waals surface area contributed by atoms with Crippen LogP contribution in [0.3, 0.4) is 0 Å². The van der Waals surface area contributed by atoms with E-state index in [1.165, 1.54) is 11.3 Å². The van der Waals surface area contributed by atoms with Gasteiger partial charge >= 0.3 is 5.97 Å². The van der Waals surface area contributed by atoms with Crippen LogP contribution in [0, 0.1) is 0 Å². The molecule has 0 saturated heterocycles. The molecule has 0 radical (unpaired) electrons. The van der Waals surface area contributed by atoms with Crippen LogP contribution in [0.15, 0.2) is 53.9 Å². The predicted octanol–water partition coefficient (Wildman–Crippen LogP) is 4.60. The van der Waals surface area contributed by atoms with E-state index in [0.29, 0.717) is 10.0 Å². The van der Waals surface area contributed by atoms with Gasteiger partial charge < -0.3 is 9.64 Å². The van der Waals surface area contributed by atoms with Crippen LogP contribution in [0.2, 0.25) is 5.02 Å². The first kappa shape index (κ1) is 18.7. The molecule has 0 saturated carbocycles. The summed E-state index contributed by atoms with van der Waals surface area (Å²) in [5.74, 6) is -0.853. The molecule has 3 aromatic rings. The number of carbonyl (C=O) groups excluding carboxylic acids is 2.